The van der Waals surface area contributed by atoms with Crippen LogP contribution in [0.4, 0.5) is 5.82 Å². The number of carbonyl (C=O) groups is 1. The number of hydrogen-bond acceptors (Lipinski definition) is 5. The van der Waals surface area contributed by atoms with Crippen LogP contribution in [0.25, 0.3) is 0 Å². The molecule has 2 aliphatic rings. The molecule has 22 heavy (non-hydrogen) atoms. The van der Waals surface area contributed by atoms with Crippen molar-refractivity contribution in [3.63, 3.8) is 0 Å². The Balaban J connectivity index is 1.78. The molecule has 6 nitrogen and oxygen atoms in total. The minimum Gasteiger partial charge on any atom is -0.343 e. The fraction of sp³-hybridized carbons (Fsp3) is 0.562. The SMILES string of the molecule is CN1CCN(C(=O)C2CCCN2c2ncccc2C#N)CC1. The fourth-order valence-electron chi connectivity index (χ4n) is 3.23. The van der Waals surface area contributed by atoms with E-state index in [4.69, 9.17) is 0 Å². The number of rotatable bonds is 2. The summed E-state index contributed by atoms with van der Waals surface area (Å²) in [4.78, 5) is 23.4. The minimum absolute atomic E-state index is 0.176. The molecular formula is C16H21N5O. The highest BCUT2D eigenvalue weighted by atomic mass is 16.2. The van der Waals surface area contributed by atoms with Crippen molar-refractivity contribution < 1.29 is 4.79 Å². The first-order valence-corrected chi connectivity index (χ1v) is 7.80. The van der Waals surface area contributed by atoms with Crippen LogP contribution >= 0.6 is 0 Å². The van der Waals surface area contributed by atoms with Gasteiger partial charge in [-0.05, 0) is 32.0 Å². The molecule has 2 aliphatic heterocycles. The largest absolute Gasteiger partial charge is 0.343 e. The highest BCUT2D eigenvalue weighted by Gasteiger charge is 2.36. The van der Waals surface area contributed by atoms with Gasteiger partial charge in [0.05, 0.1) is 5.56 Å². The quantitative estimate of drug-likeness (QED) is 0.804. The van der Waals surface area contributed by atoms with Crippen LogP contribution in [-0.2, 0) is 4.79 Å². The average Bonchev–Trinajstić information content (AvgIpc) is 3.04. The Bertz CT molecular complexity index is 588. The summed E-state index contributed by atoms with van der Waals surface area (Å²) >= 11 is 0. The van der Waals surface area contributed by atoms with Gasteiger partial charge in [0.25, 0.3) is 0 Å². The number of hydrogen-bond donors (Lipinski definition) is 0. The standard InChI is InChI=1S/C16H21N5O/c1-19-8-10-20(11-9-19)16(22)14-5-3-7-21(14)15-13(12-17)4-2-6-18-15/h2,4,6,14H,3,5,7-11H2,1H3. The van der Waals surface area contributed by atoms with Gasteiger partial charge in [0, 0.05) is 38.9 Å². The maximum absolute atomic E-state index is 12.8. The predicted molar refractivity (Wildman–Crippen MR) is 83.4 cm³/mol. The first kappa shape index (κ1) is 14.8. The van der Waals surface area contributed by atoms with Crippen LogP contribution in [0, 0.1) is 11.3 Å². The maximum atomic E-state index is 12.8. The van der Waals surface area contributed by atoms with E-state index in [0.717, 1.165) is 45.6 Å². The summed E-state index contributed by atoms with van der Waals surface area (Å²) in [5.74, 6) is 0.829. The third-order valence-electron chi connectivity index (χ3n) is 4.53. The van der Waals surface area contributed by atoms with Crippen LogP contribution in [0.15, 0.2) is 18.3 Å². The van der Waals surface area contributed by atoms with Gasteiger partial charge in [-0.15, -0.1) is 0 Å². The van der Waals surface area contributed by atoms with Crippen LogP contribution in [0.2, 0.25) is 0 Å². The summed E-state index contributed by atoms with van der Waals surface area (Å²) in [5.41, 5.74) is 0.542. The number of pyridine rings is 1. The Kier molecular flexibility index (Phi) is 4.25. The van der Waals surface area contributed by atoms with E-state index < -0.39 is 0 Å². The number of aromatic nitrogens is 1. The minimum atomic E-state index is -0.176. The average molecular weight is 299 g/mol. The highest BCUT2D eigenvalue weighted by Crippen LogP contribution is 2.27. The number of anilines is 1. The molecule has 0 spiro atoms. The lowest BCUT2D eigenvalue weighted by molar-refractivity contribution is -0.134. The van der Waals surface area contributed by atoms with Gasteiger partial charge in [-0.2, -0.15) is 5.26 Å². The van der Waals surface area contributed by atoms with E-state index in [2.05, 4.69) is 23.0 Å². The topological polar surface area (TPSA) is 63.5 Å². The summed E-state index contributed by atoms with van der Waals surface area (Å²) in [6, 6.07) is 5.53. The molecule has 0 aromatic carbocycles. The first-order valence-electron chi connectivity index (χ1n) is 7.80. The Morgan fingerprint density at radius 1 is 1.32 bits per heavy atom. The van der Waals surface area contributed by atoms with Crippen molar-refractivity contribution in [3.05, 3.63) is 23.9 Å². The van der Waals surface area contributed by atoms with Crippen LogP contribution < -0.4 is 4.90 Å². The molecule has 1 amide bonds. The zero-order chi connectivity index (χ0) is 15.5. The van der Waals surface area contributed by atoms with E-state index >= 15 is 0 Å². The molecule has 2 saturated heterocycles. The van der Waals surface area contributed by atoms with E-state index in [-0.39, 0.29) is 11.9 Å². The summed E-state index contributed by atoms with van der Waals surface area (Å²) in [6.45, 7) is 4.20. The van der Waals surface area contributed by atoms with Crippen molar-refractivity contribution in [2.45, 2.75) is 18.9 Å². The number of piperazine rings is 1. The van der Waals surface area contributed by atoms with E-state index in [1.807, 2.05) is 9.80 Å². The molecule has 1 aromatic rings. The molecule has 0 bridgehead atoms. The third-order valence-corrected chi connectivity index (χ3v) is 4.53. The molecule has 6 heteroatoms. The normalized spacial score (nSPS) is 22.6. The number of carbonyl (C=O) groups excluding carboxylic acids is 1. The highest BCUT2D eigenvalue weighted by molar-refractivity contribution is 5.86. The van der Waals surface area contributed by atoms with E-state index in [9.17, 15) is 10.1 Å². The molecule has 1 unspecified atom stereocenters. The van der Waals surface area contributed by atoms with Crippen LogP contribution in [0.5, 0.6) is 0 Å². The predicted octanol–water partition coefficient (Wildman–Crippen LogP) is 0.696. The second kappa shape index (κ2) is 6.32. The molecule has 3 heterocycles. The van der Waals surface area contributed by atoms with Crippen molar-refractivity contribution in [3.8, 4) is 6.07 Å². The number of amides is 1. The van der Waals surface area contributed by atoms with E-state index in [1.54, 1.807) is 18.3 Å². The van der Waals surface area contributed by atoms with Gasteiger partial charge in [-0.1, -0.05) is 0 Å². The molecule has 0 saturated carbocycles. The molecule has 0 N–H and O–H groups in total. The van der Waals surface area contributed by atoms with Gasteiger partial charge in [0.2, 0.25) is 5.91 Å². The molecule has 2 fully saturated rings. The lowest BCUT2D eigenvalue weighted by Gasteiger charge is -2.36. The molecule has 3 rings (SSSR count). The Labute approximate surface area is 130 Å². The van der Waals surface area contributed by atoms with Crippen molar-refractivity contribution in [1.82, 2.24) is 14.8 Å². The van der Waals surface area contributed by atoms with Crippen LogP contribution in [0.3, 0.4) is 0 Å². The number of likely N-dealkylation sites (N-methyl/N-ethyl adjacent to an activating group) is 1. The van der Waals surface area contributed by atoms with Crippen molar-refractivity contribution in [2.24, 2.45) is 0 Å². The molecule has 116 valence electrons. The molecular weight excluding hydrogens is 278 g/mol. The van der Waals surface area contributed by atoms with Crippen LogP contribution in [0.1, 0.15) is 18.4 Å². The van der Waals surface area contributed by atoms with Gasteiger partial charge in [-0.3, -0.25) is 4.79 Å². The van der Waals surface area contributed by atoms with Gasteiger partial charge >= 0.3 is 0 Å². The number of nitrogens with zero attached hydrogens (tertiary/aromatic N) is 5. The lowest BCUT2D eigenvalue weighted by atomic mass is 10.1. The second-order valence-electron chi connectivity index (χ2n) is 5.97. The summed E-state index contributed by atoms with van der Waals surface area (Å²) in [5, 5.41) is 9.26. The van der Waals surface area contributed by atoms with Crippen LogP contribution in [-0.4, -0.2) is 66.5 Å². The maximum Gasteiger partial charge on any atom is 0.245 e. The Hall–Kier alpha value is -2.13. The lowest BCUT2D eigenvalue weighted by Crippen LogP contribution is -2.53. The van der Waals surface area contributed by atoms with E-state index in [0.29, 0.717) is 11.4 Å². The third kappa shape index (κ3) is 2.77. The monoisotopic (exact) mass is 299 g/mol. The molecule has 1 aromatic heterocycles. The van der Waals surface area contributed by atoms with Gasteiger partial charge in [0.15, 0.2) is 0 Å². The Morgan fingerprint density at radius 2 is 2.09 bits per heavy atom. The summed E-state index contributed by atoms with van der Waals surface area (Å²) in [6.07, 6.45) is 3.49. The molecule has 0 aliphatic carbocycles. The molecule has 1 atom stereocenters. The van der Waals surface area contributed by atoms with Gasteiger partial charge < -0.3 is 14.7 Å². The second-order valence-corrected chi connectivity index (χ2v) is 5.97. The number of nitriles is 1. The zero-order valence-electron chi connectivity index (χ0n) is 12.9. The molecule has 0 radical (unpaired) electrons. The van der Waals surface area contributed by atoms with Gasteiger partial charge in [0.1, 0.15) is 17.9 Å². The first-order chi connectivity index (χ1) is 10.7. The summed E-state index contributed by atoms with van der Waals surface area (Å²) < 4.78 is 0. The Morgan fingerprint density at radius 3 is 2.82 bits per heavy atom. The van der Waals surface area contributed by atoms with E-state index in [1.165, 1.54) is 0 Å². The smallest absolute Gasteiger partial charge is 0.245 e. The van der Waals surface area contributed by atoms with Gasteiger partial charge in [-0.25, -0.2) is 4.98 Å². The van der Waals surface area contributed by atoms with Crippen molar-refractivity contribution >= 4 is 11.7 Å². The summed E-state index contributed by atoms with van der Waals surface area (Å²) in [7, 11) is 2.08. The fourth-order valence-corrected chi connectivity index (χ4v) is 3.23. The van der Waals surface area contributed by atoms with Crippen molar-refractivity contribution in [1.29, 1.82) is 5.26 Å². The van der Waals surface area contributed by atoms with Crippen molar-refractivity contribution in [2.75, 3.05) is 44.7 Å². The zero-order valence-corrected chi connectivity index (χ0v) is 12.9.